The maximum Gasteiger partial charge on any atom is 0.406 e. The summed E-state index contributed by atoms with van der Waals surface area (Å²) in [6.45, 7) is -2.53. The van der Waals surface area contributed by atoms with Gasteiger partial charge in [0.1, 0.15) is 13.1 Å². The molecule has 0 bridgehead atoms. The second-order valence-electron chi connectivity index (χ2n) is 2.92. The Morgan fingerprint density at radius 2 is 1.44 bits per heavy atom. The van der Waals surface area contributed by atoms with Gasteiger partial charge in [-0.1, -0.05) is 6.08 Å². The second kappa shape index (κ2) is 5.22. The van der Waals surface area contributed by atoms with Crippen LogP contribution in [0, 0.1) is 0 Å². The van der Waals surface area contributed by atoms with Crippen LogP contribution in [0.15, 0.2) is 12.2 Å². The van der Waals surface area contributed by atoms with E-state index in [-0.39, 0.29) is 4.90 Å². The minimum absolute atomic E-state index is 0.306. The molecule has 0 saturated heterocycles. The molecule has 0 aliphatic carbocycles. The predicted molar refractivity (Wildman–Crippen MR) is 43.5 cm³/mol. The number of hydrogen-bond donors (Lipinski definition) is 0. The third-order valence-corrected chi connectivity index (χ3v) is 1.36. The molecule has 0 heterocycles. The summed E-state index contributed by atoms with van der Waals surface area (Å²) in [5.41, 5.74) is 0. The molecule has 1 amide bonds. The molecule has 0 aromatic heterocycles. The number of carbonyl (C=O) groups is 1. The van der Waals surface area contributed by atoms with Gasteiger partial charge in [-0.25, -0.2) is 0 Å². The van der Waals surface area contributed by atoms with Crippen LogP contribution < -0.4 is 0 Å². The van der Waals surface area contributed by atoms with E-state index in [2.05, 4.69) is 0 Å². The molecule has 0 rings (SSSR count). The summed E-state index contributed by atoms with van der Waals surface area (Å²) in [5, 5.41) is 0. The molecule has 0 aliphatic heterocycles. The molecular weight excluding hydrogens is 240 g/mol. The Morgan fingerprint density at radius 1 is 1.06 bits per heavy atom. The molecule has 94 valence electrons. The van der Waals surface area contributed by atoms with Gasteiger partial charge in [-0.15, -0.1) is 0 Å². The van der Waals surface area contributed by atoms with Gasteiger partial charge in [-0.05, 0) is 13.0 Å². The van der Waals surface area contributed by atoms with Crippen LogP contribution in [0.5, 0.6) is 0 Å². The SMILES string of the molecule is C/C=C/C(=O)N(CC(F)(F)F)CC(F)(F)F. The normalized spacial score (nSPS) is 13.2. The molecule has 0 unspecified atom stereocenters. The first-order valence-electron chi connectivity index (χ1n) is 4.10. The Labute approximate surface area is 87.5 Å². The lowest BCUT2D eigenvalue weighted by atomic mass is 10.4. The van der Waals surface area contributed by atoms with Crippen molar-refractivity contribution < 1.29 is 31.1 Å². The standard InChI is InChI=1S/C8H9F6NO/c1-2-3-6(16)15(4-7(9,10)11)5-8(12,13)14/h2-3H,4-5H2,1H3/b3-2+. The minimum atomic E-state index is -4.86. The van der Waals surface area contributed by atoms with Crippen LogP contribution in [-0.4, -0.2) is 36.2 Å². The number of hydrogen-bond acceptors (Lipinski definition) is 1. The zero-order valence-corrected chi connectivity index (χ0v) is 8.19. The molecule has 0 saturated carbocycles. The highest BCUT2D eigenvalue weighted by atomic mass is 19.4. The smallest absolute Gasteiger partial charge is 0.321 e. The van der Waals surface area contributed by atoms with Gasteiger partial charge >= 0.3 is 12.4 Å². The molecule has 2 nitrogen and oxygen atoms in total. The third kappa shape index (κ3) is 7.13. The maximum absolute atomic E-state index is 11.9. The minimum Gasteiger partial charge on any atom is -0.321 e. The summed E-state index contributed by atoms with van der Waals surface area (Å²) in [6, 6.07) is 0. The fourth-order valence-corrected chi connectivity index (χ4v) is 0.893. The van der Waals surface area contributed by atoms with Crippen LogP contribution in [0.1, 0.15) is 6.92 Å². The Bertz CT molecular complexity index is 251. The first-order chi connectivity index (χ1) is 7.05. The summed E-state index contributed by atoms with van der Waals surface area (Å²) in [4.78, 5) is 10.6. The summed E-state index contributed by atoms with van der Waals surface area (Å²) >= 11 is 0. The Balaban J connectivity index is 4.71. The monoisotopic (exact) mass is 249 g/mol. The largest absolute Gasteiger partial charge is 0.406 e. The van der Waals surface area contributed by atoms with Crippen molar-refractivity contribution >= 4 is 5.91 Å². The van der Waals surface area contributed by atoms with E-state index in [1.54, 1.807) is 0 Å². The molecule has 0 N–H and O–H groups in total. The van der Waals surface area contributed by atoms with E-state index in [9.17, 15) is 31.1 Å². The topological polar surface area (TPSA) is 20.3 Å². The fourth-order valence-electron chi connectivity index (χ4n) is 0.893. The van der Waals surface area contributed by atoms with Crippen LogP contribution in [0.3, 0.4) is 0 Å². The van der Waals surface area contributed by atoms with Crippen LogP contribution in [0.2, 0.25) is 0 Å². The number of carbonyl (C=O) groups excluding carboxylic acids is 1. The number of amides is 1. The molecule has 16 heavy (non-hydrogen) atoms. The maximum atomic E-state index is 11.9. The molecule has 0 fully saturated rings. The molecule has 0 atom stereocenters. The van der Waals surface area contributed by atoms with Gasteiger partial charge in [0.25, 0.3) is 0 Å². The number of allylic oxidation sites excluding steroid dienone is 1. The van der Waals surface area contributed by atoms with Gasteiger partial charge in [0.15, 0.2) is 0 Å². The highest BCUT2D eigenvalue weighted by Gasteiger charge is 2.38. The third-order valence-electron chi connectivity index (χ3n) is 1.36. The van der Waals surface area contributed by atoms with Crippen LogP contribution in [0.4, 0.5) is 26.3 Å². The van der Waals surface area contributed by atoms with Crippen LogP contribution >= 0.6 is 0 Å². The van der Waals surface area contributed by atoms with Crippen molar-refractivity contribution in [2.24, 2.45) is 0 Å². The molecule has 0 aromatic rings. The van der Waals surface area contributed by atoms with E-state index in [4.69, 9.17) is 0 Å². The van der Waals surface area contributed by atoms with E-state index in [0.29, 0.717) is 6.08 Å². The Hall–Kier alpha value is -1.21. The first kappa shape index (κ1) is 14.8. The fraction of sp³-hybridized carbons (Fsp3) is 0.625. The highest BCUT2D eigenvalue weighted by molar-refractivity contribution is 5.87. The van der Waals surface area contributed by atoms with Crippen molar-refractivity contribution in [3.63, 3.8) is 0 Å². The van der Waals surface area contributed by atoms with E-state index < -0.39 is 31.3 Å². The van der Waals surface area contributed by atoms with Gasteiger partial charge in [0.2, 0.25) is 5.91 Å². The number of rotatable bonds is 3. The molecular formula is C8H9F6NO. The van der Waals surface area contributed by atoms with Crippen molar-refractivity contribution in [3.8, 4) is 0 Å². The summed E-state index contributed by atoms with van der Waals surface area (Å²) in [6.07, 6.45) is -8.00. The van der Waals surface area contributed by atoms with Gasteiger partial charge in [-0.2, -0.15) is 26.3 Å². The summed E-state index contributed by atoms with van der Waals surface area (Å²) in [7, 11) is 0. The van der Waals surface area contributed by atoms with Crippen molar-refractivity contribution in [2.75, 3.05) is 13.1 Å². The number of halogens is 6. The van der Waals surface area contributed by atoms with Gasteiger partial charge in [0, 0.05) is 0 Å². The van der Waals surface area contributed by atoms with Gasteiger partial charge < -0.3 is 4.90 Å². The Morgan fingerprint density at radius 3 is 1.69 bits per heavy atom. The lowest BCUT2D eigenvalue weighted by Crippen LogP contribution is -2.43. The second-order valence-corrected chi connectivity index (χ2v) is 2.92. The summed E-state index contributed by atoms with van der Waals surface area (Å²) < 4.78 is 71.4. The molecule has 0 aliphatic rings. The quantitative estimate of drug-likeness (QED) is 0.556. The highest BCUT2D eigenvalue weighted by Crippen LogP contribution is 2.21. The average molecular weight is 249 g/mol. The van der Waals surface area contributed by atoms with E-state index in [1.807, 2.05) is 0 Å². The van der Waals surface area contributed by atoms with Gasteiger partial charge in [0.05, 0.1) is 0 Å². The van der Waals surface area contributed by atoms with E-state index in [0.717, 1.165) is 6.08 Å². The summed E-state index contributed by atoms with van der Waals surface area (Å²) in [5.74, 6) is -1.32. The van der Waals surface area contributed by atoms with Gasteiger partial charge in [-0.3, -0.25) is 4.79 Å². The molecule has 0 aromatic carbocycles. The van der Waals surface area contributed by atoms with E-state index in [1.165, 1.54) is 6.92 Å². The average Bonchev–Trinajstić information content (AvgIpc) is 1.97. The van der Waals surface area contributed by atoms with E-state index >= 15 is 0 Å². The van der Waals surface area contributed by atoms with Crippen molar-refractivity contribution in [1.82, 2.24) is 4.90 Å². The van der Waals surface area contributed by atoms with Crippen molar-refractivity contribution in [3.05, 3.63) is 12.2 Å². The predicted octanol–water partition coefficient (Wildman–Crippen LogP) is 2.52. The Kier molecular flexibility index (Phi) is 4.82. The van der Waals surface area contributed by atoms with Crippen molar-refractivity contribution in [2.45, 2.75) is 19.3 Å². The first-order valence-corrected chi connectivity index (χ1v) is 4.10. The zero-order valence-electron chi connectivity index (χ0n) is 8.19. The molecule has 0 spiro atoms. The molecule has 0 radical (unpaired) electrons. The van der Waals surface area contributed by atoms with Crippen LogP contribution in [0.25, 0.3) is 0 Å². The lowest BCUT2D eigenvalue weighted by Gasteiger charge is -2.23. The lowest BCUT2D eigenvalue weighted by molar-refractivity contribution is -0.185. The molecule has 8 heteroatoms. The van der Waals surface area contributed by atoms with Crippen LogP contribution in [-0.2, 0) is 4.79 Å². The number of alkyl halides is 6. The zero-order chi connectivity index (χ0) is 13.0. The van der Waals surface area contributed by atoms with Crippen molar-refractivity contribution in [1.29, 1.82) is 0 Å². The number of nitrogens with zero attached hydrogens (tertiary/aromatic N) is 1.